The van der Waals surface area contributed by atoms with Gasteiger partial charge < -0.3 is 0 Å². The number of hydrogen-bond acceptors (Lipinski definition) is 0. The molecule has 1 aliphatic rings. The number of rotatable bonds is 19. The lowest BCUT2D eigenvalue weighted by Crippen LogP contribution is -2.54. The molecule has 0 heterocycles. The Morgan fingerprint density at radius 3 is 1.38 bits per heavy atom. The summed E-state index contributed by atoms with van der Waals surface area (Å²) >= 11 is 0. The first-order valence-corrected chi connectivity index (χ1v) is 18.8. The molecule has 1 aromatic carbocycles. The molecular formula is C36H62Si. The van der Waals surface area contributed by atoms with Crippen molar-refractivity contribution in [1.29, 1.82) is 0 Å². The summed E-state index contributed by atoms with van der Waals surface area (Å²) < 4.78 is 0. The van der Waals surface area contributed by atoms with Crippen molar-refractivity contribution >= 4 is 13.3 Å². The average Bonchev–Trinajstić information content (AvgIpc) is 3.06. The Bertz CT molecular complexity index is 854. The third-order valence-corrected chi connectivity index (χ3v) is 15.7. The Labute approximate surface area is 233 Å². The highest BCUT2D eigenvalue weighted by molar-refractivity contribution is 6.94. The van der Waals surface area contributed by atoms with Crippen LogP contribution in [0.25, 0.3) is 0 Å². The predicted molar refractivity (Wildman–Crippen MR) is 172 cm³/mol. The van der Waals surface area contributed by atoms with Gasteiger partial charge in [-0.25, -0.2) is 0 Å². The smallest absolute Gasteiger partial charge is 0.0737 e. The summed E-state index contributed by atoms with van der Waals surface area (Å²) in [6.45, 7) is 19.2. The Morgan fingerprint density at radius 1 is 0.595 bits per heavy atom. The SMILES string of the molecule is CCCCCCCCCCCCCCCCCC[Si](C)(c1cc(C)cc(C)c1)C1(C)C=C(C)C(C)=C1C. The van der Waals surface area contributed by atoms with Crippen LogP contribution in [0, 0.1) is 13.8 Å². The molecule has 1 heteroatoms. The summed E-state index contributed by atoms with van der Waals surface area (Å²) in [5.41, 5.74) is 7.55. The number of aryl methyl sites for hydroxylation is 2. The molecule has 0 amide bonds. The van der Waals surface area contributed by atoms with Crippen LogP contribution in [0.15, 0.2) is 41.0 Å². The van der Waals surface area contributed by atoms with Crippen molar-refractivity contribution in [2.45, 2.75) is 169 Å². The van der Waals surface area contributed by atoms with Crippen LogP contribution in [-0.2, 0) is 0 Å². The van der Waals surface area contributed by atoms with Gasteiger partial charge in [-0.2, -0.15) is 0 Å². The molecule has 0 N–H and O–H groups in total. The first-order valence-electron chi connectivity index (χ1n) is 16.1. The lowest BCUT2D eigenvalue weighted by Gasteiger charge is -2.44. The molecule has 37 heavy (non-hydrogen) atoms. The van der Waals surface area contributed by atoms with Gasteiger partial charge in [-0.1, -0.05) is 181 Å². The van der Waals surface area contributed by atoms with Gasteiger partial charge in [0, 0.05) is 5.04 Å². The molecule has 0 aromatic heterocycles. The van der Waals surface area contributed by atoms with E-state index in [1.54, 1.807) is 10.8 Å². The number of allylic oxidation sites excluding steroid dienone is 4. The Hall–Kier alpha value is -1.08. The summed E-state index contributed by atoms with van der Waals surface area (Å²) in [6, 6.07) is 8.81. The van der Waals surface area contributed by atoms with Crippen LogP contribution < -0.4 is 5.19 Å². The van der Waals surface area contributed by atoms with E-state index >= 15 is 0 Å². The quantitative estimate of drug-likeness (QED) is 0.125. The largest absolute Gasteiger partial charge is 0.0976 e. The lowest BCUT2D eigenvalue weighted by atomic mass is 10.0. The zero-order valence-electron chi connectivity index (χ0n) is 26.3. The Morgan fingerprint density at radius 2 is 1.00 bits per heavy atom. The van der Waals surface area contributed by atoms with Crippen LogP contribution in [0.2, 0.25) is 17.6 Å². The second kappa shape index (κ2) is 16.1. The molecule has 0 bridgehead atoms. The third-order valence-electron chi connectivity index (χ3n) is 9.97. The van der Waals surface area contributed by atoms with Crippen molar-refractivity contribution in [3.8, 4) is 0 Å². The van der Waals surface area contributed by atoms with Gasteiger partial charge in [0.05, 0.1) is 8.07 Å². The second-order valence-electron chi connectivity index (χ2n) is 13.0. The average molecular weight is 523 g/mol. The van der Waals surface area contributed by atoms with Gasteiger partial charge in [-0.05, 0) is 40.2 Å². The fourth-order valence-electron chi connectivity index (χ4n) is 6.93. The van der Waals surface area contributed by atoms with Crippen molar-refractivity contribution in [3.63, 3.8) is 0 Å². The topological polar surface area (TPSA) is 0 Å². The Kier molecular flexibility index (Phi) is 14.0. The van der Waals surface area contributed by atoms with Crippen molar-refractivity contribution in [3.05, 3.63) is 52.1 Å². The normalized spacial score (nSPS) is 19.4. The van der Waals surface area contributed by atoms with Gasteiger partial charge >= 0.3 is 0 Å². The monoisotopic (exact) mass is 522 g/mol. The first-order chi connectivity index (χ1) is 17.7. The molecule has 210 valence electrons. The highest BCUT2D eigenvalue weighted by atomic mass is 28.3. The minimum absolute atomic E-state index is 0.233. The molecule has 2 atom stereocenters. The standard InChI is InChI=1S/C36H62Si/c1-9-10-11-12-13-14-15-16-17-18-19-20-21-22-23-24-25-37(8,35-27-30(2)26-31(3)28-35)36(7)29-32(4)33(5)34(36)6/h26-29H,9-25H2,1-8H3. The second-order valence-corrected chi connectivity index (χ2v) is 17.8. The highest BCUT2D eigenvalue weighted by Gasteiger charge is 2.49. The van der Waals surface area contributed by atoms with Crippen molar-refractivity contribution < 1.29 is 0 Å². The number of benzene rings is 1. The predicted octanol–water partition coefficient (Wildman–Crippen LogP) is 11.9. The lowest BCUT2D eigenvalue weighted by molar-refractivity contribution is 0.531. The Balaban J connectivity index is 1.75. The molecule has 1 aromatic rings. The zero-order valence-corrected chi connectivity index (χ0v) is 27.3. The fraction of sp³-hybridized carbons (Fsp3) is 0.722. The van der Waals surface area contributed by atoms with E-state index in [4.69, 9.17) is 0 Å². The molecule has 0 nitrogen and oxygen atoms in total. The highest BCUT2D eigenvalue weighted by Crippen LogP contribution is 2.54. The summed E-state index contributed by atoms with van der Waals surface area (Å²) in [4.78, 5) is 0. The van der Waals surface area contributed by atoms with E-state index in [0.29, 0.717) is 0 Å². The van der Waals surface area contributed by atoms with Gasteiger partial charge in [-0.15, -0.1) is 0 Å². The fourth-order valence-corrected chi connectivity index (χ4v) is 11.9. The maximum absolute atomic E-state index is 2.69. The maximum atomic E-state index is 2.69. The molecule has 0 saturated heterocycles. The van der Waals surface area contributed by atoms with Gasteiger partial charge in [0.1, 0.15) is 0 Å². The van der Waals surface area contributed by atoms with E-state index in [-0.39, 0.29) is 5.04 Å². The van der Waals surface area contributed by atoms with E-state index in [0.717, 1.165) is 0 Å². The van der Waals surface area contributed by atoms with Crippen LogP contribution in [0.3, 0.4) is 0 Å². The zero-order chi connectivity index (χ0) is 27.3. The van der Waals surface area contributed by atoms with E-state index in [1.807, 2.05) is 0 Å². The molecule has 0 fully saturated rings. The van der Waals surface area contributed by atoms with E-state index in [1.165, 1.54) is 131 Å². The van der Waals surface area contributed by atoms with Crippen LogP contribution in [0.1, 0.15) is 148 Å². The molecule has 2 rings (SSSR count). The first kappa shape index (κ1) is 32.1. The molecule has 0 saturated carbocycles. The van der Waals surface area contributed by atoms with Crippen LogP contribution in [0.4, 0.5) is 0 Å². The third kappa shape index (κ3) is 9.26. The van der Waals surface area contributed by atoms with Crippen LogP contribution in [0.5, 0.6) is 0 Å². The van der Waals surface area contributed by atoms with Crippen LogP contribution >= 0.6 is 0 Å². The molecular weight excluding hydrogens is 460 g/mol. The maximum Gasteiger partial charge on any atom is 0.0976 e. The number of hydrogen-bond donors (Lipinski definition) is 0. The van der Waals surface area contributed by atoms with Crippen molar-refractivity contribution in [2.24, 2.45) is 0 Å². The minimum atomic E-state index is -1.77. The summed E-state index contributed by atoms with van der Waals surface area (Å²) in [6.07, 6.45) is 25.7. The van der Waals surface area contributed by atoms with E-state index in [2.05, 4.69) is 79.3 Å². The van der Waals surface area contributed by atoms with Gasteiger partial charge in [-0.3, -0.25) is 0 Å². The molecule has 1 aliphatic carbocycles. The summed E-state index contributed by atoms with van der Waals surface area (Å²) in [5.74, 6) is 0. The summed E-state index contributed by atoms with van der Waals surface area (Å²) in [5, 5.41) is 1.91. The van der Waals surface area contributed by atoms with Crippen molar-refractivity contribution in [2.75, 3.05) is 0 Å². The minimum Gasteiger partial charge on any atom is -0.0737 e. The molecule has 0 aliphatic heterocycles. The summed E-state index contributed by atoms with van der Waals surface area (Å²) in [7, 11) is -1.77. The van der Waals surface area contributed by atoms with Gasteiger partial charge in [0.15, 0.2) is 0 Å². The molecule has 0 spiro atoms. The van der Waals surface area contributed by atoms with Gasteiger partial charge in [0.2, 0.25) is 0 Å². The van der Waals surface area contributed by atoms with Crippen LogP contribution in [-0.4, -0.2) is 8.07 Å². The molecule has 0 radical (unpaired) electrons. The van der Waals surface area contributed by atoms with E-state index in [9.17, 15) is 0 Å². The van der Waals surface area contributed by atoms with Crippen molar-refractivity contribution in [1.82, 2.24) is 0 Å². The molecule has 2 unspecified atom stereocenters. The van der Waals surface area contributed by atoms with E-state index < -0.39 is 8.07 Å². The number of unbranched alkanes of at least 4 members (excludes halogenated alkanes) is 15. The van der Waals surface area contributed by atoms with Gasteiger partial charge in [0.25, 0.3) is 0 Å².